The molecule has 3 rings (SSSR count). The number of amides is 1. The minimum absolute atomic E-state index is 0.259. The molecule has 0 aliphatic heterocycles. The van der Waals surface area contributed by atoms with Gasteiger partial charge in [-0.05, 0) is 49.0 Å². The van der Waals surface area contributed by atoms with Gasteiger partial charge < -0.3 is 5.32 Å². The fourth-order valence-corrected chi connectivity index (χ4v) is 3.20. The number of hydrogen-bond donors (Lipinski definition) is 1. The molecule has 1 aliphatic rings. The van der Waals surface area contributed by atoms with Crippen molar-refractivity contribution >= 4 is 40.6 Å². The molecule has 1 saturated carbocycles. The molecule has 4 nitrogen and oxygen atoms in total. The van der Waals surface area contributed by atoms with Gasteiger partial charge in [-0.1, -0.05) is 29.3 Å². The summed E-state index contributed by atoms with van der Waals surface area (Å²) in [5.41, 5.74) is 0.752. The number of carbonyl (C=O) groups excluding carboxylic acids is 1. The molecular weight excluding hydrogens is 341 g/mol. The molecule has 22 heavy (non-hydrogen) atoms. The van der Waals surface area contributed by atoms with Crippen LogP contribution in [-0.4, -0.2) is 15.8 Å². The summed E-state index contributed by atoms with van der Waals surface area (Å²) in [6.45, 7) is 0. The van der Waals surface area contributed by atoms with Crippen LogP contribution in [0.4, 0.5) is 0 Å². The third-order valence-corrected chi connectivity index (χ3v) is 5.25. The van der Waals surface area contributed by atoms with Crippen molar-refractivity contribution in [3.8, 4) is 17.3 Å². The predicted molar refractivity (Wildman–Crippen MR) is 87.2 cm³/mol. The molecule has 0 spiro atoms. The molecule has 7 heteroatoms. The highest BCUT2D eigenvalue weighted by Crippen LogP contribution is 2.32. The van der Waals surface area contributed by atoms with Crippen molar-refractivity contribution in [1.29, 1.82) is 5.26 Å². The maximum absolute atomic E-state index is 12.2. The van der Waals surface area contributed by atoms with Crippen molar-refractivity contribution in [3.63, 3.8) is 0 Å². The molecule has 1 aliphatic carbocycles. The van der Waals surface area contributed by atoms with E-state index in [-0.39, 0.29) is 5.91 Å². The molecule has 0 atom stereocenters. The van der Waals surface area contributed by atoms with E-state index in [1.165, 1.54) is 0 Å². The number of nitrogens with zero attached hydrogens (tertiary/aromatic N) is 2. The lowest BCUT2D eigenvalue weighted by molar-refractivity contribution is 0.0886. The van der Waals surface area contributed by atoms with E-state index in [1.807, 2.05) is 0 Å². The third kappa shape index (κ3) is 2.82. The molecule has 0 bridgehead atoms. The van der Waals surface area contributed by atoms with E-state index in [1.54, 1.807) is 24.3 Å². The maximum Gasteiger partial charge on any atom is 0.264 e. The second-order valence-corrected chi connectivity index (χ2v) is 6.83. The van der Waals surface area contributed by atoms with Crippen molar-refractivity contribution < 1.29 is 4.79 Å². The molecule has 1 fully saturated rings. The number of aromatic nitrogens is 1. The van der Waals surface area contributed by atoms with Crippen LogP contribution in [0.1, 0.15) is 28.9 Å². The molecule has 2 aromatic rings. The molecule has 112 valence electrons. The molecule has 1 N–H and O–H groups in total. The average Bonchev–Trinajstić information content (AvgIpc) is 2.95. The normalized spacial score (nSPS) is 15.7. The quantitative estimate of drug-likeness (QED) is 0.896. The lowest BCUT2D eigenvalue weighted by Crippen LogP contribution is -2.52. The monoisotopic (exact) mass is 351 g/mol. The van der Waals surface area contributed by atoms with Crippen LogP contribution in [0.3, 0.4) is 0 Å². The Morgan fingerprint density at radius 2 is 2.09 bits per heavy atom. The largest absolute Gasteiger partial charge is 0.333 e. The zero-order valence-electron chi connectivity index (χ0n) is 11.4. The van der Waals surface area contributed by atoms with Crippen molar-refractivity contribution in [1.82, 2.24) is 9.69 Å². The molecule has 1 aromatic heterocycles. The lowest BCUT2D eigenvalue weighted by atomic mass is 9.78. The van der Waals surface area contributed by atoms with Crippen molar-refractivity contribution in [3.05, 3.63) is 39.2 Å². The fourth-order valence-electron chi connectivity index (χ4n) is 2.25. The van der Waals surface area contributed by atoms with Gasteiger partial charge in [0.05, 0.1) is 21.8 Å². The minimum Gasteiger partial charge on any atom is -0.333 e. The Bertz CT molecular complexity index is 777. The van der Waals surface area contributed by atoms with Gasteiger partial charge in [-0.15, -0.1) is 0 Å². The molecular formula is C15H11Cl2N3OS. The molecule has 1 heterocycles. The van der Waals surface area contributed by atoms with E-state index in [0.29, 0.717) is 33.5 Å². The first-order chi connectivity index (χ1) is 10.5. The summed E-state index contributed by atoms with van der Waals surface area (Å²) in [7, 11) is 0. The van der Waals surface area contributed by atoms with Crippen LogP contribution >= 0.6 is 34.7 Å². The minimum atomic E-state index is -0.704. The average molecular weight is 352 g/mol. The first-order valence-corrected chi connectivity index (χ1v) is 8.22. The highest BCUT2D eigenvalue weighted by molar-refractivity contribution is 7.08. The summed E-state index contributed by atoms with van der Waals surface area (Å²) >= 11 is 13.0. The zero-order chi connectivity index (χ0) is 15.7. The summed E-state index contributed by atoms with van der Waals surface area (Å²) in [5, 5.41) is 12.9. The Kier molecular flexibility index (Phi) is 4.09. The van der Waals surface area contributed by atoms with Crippen molar-refractivity contribution in [2.45, 2.75) is 24.8 Å². The Labute approximate surface area is 141 Å². The van der Waals surface area contributed by atoms with Crippen LogP contribution in [0.2, 0.25) is 10.0 Å². The first-order valence-electron chi connectivity index (χ1n) is 6.69. The van der Waals surface area contributed by atoms with Gasteiger partial charge in [-0.2, -0.15) is 9.64 Å². The van der Waals surface area contributed by atoms with Gasteiger partial charge in [-0.3, -0.25) is 4.79 Å². The highest BCUT2D eigenvalue weighted by atomic mass is 35.5. The topological polar surface area (TPSA) is 65.8 Å². The number of rotatable bonds is 3. The summed E-state index contributed by atoms with van der Waals surface area (Å²) in [6.07, 6.45) is 2.37. The molecule has 0 saturated heterocycles. The van der Waals surface area contributed by atoms with E-state index in [2.05, 4.69) is 15.8 Å². The van der Waals surface area contributed by atoms with Gasteiger partial charge in [0.2, 0.25) is 0 Å². The van der Waals surface area contributed by atoms with E-state index >= 15 is 0 Å². The van der Waals surface area contributed by atoms with Crippen LogP contribution in [0.5, 0.6) is 0 Å². The smallest absolute Gasteiger partial charge is 0.264 e. The van der Waals surface area contributed by atoms with Crippen molar-refractivity contribution in [2.24, 2.45) is 0 Å². The van der Waals surface area contributed by atoms with Crippen LogP contribution in [-0.2, 0) is 0 Å². The zero-order valence-corrected chi connectivity index (χ0v) is 13.7. The maximum atomic E-state index is 12.2. The third-order valence-electron chi connectivity index (χ3n) is 3.72. The van der Waals surface area contributed by atoms with Crippen LogP contribution in [0.15, 0.2) is 24.3 Å². The van der Waals surface area contributed by atoms with E-state index in [0.717, 1.165) is 23.5 Å². The number of nitrogens with one attached hydrogen (secondary N) is 1. The van der Waals surface area contributed by atoms with Crippen LogP contribution < -0.4 is 5.32 Å². The van der Waals surface area contributed by atoms with E-state index in [4.69, 9.17) is 28.5 Å². The summed E-state index contributed by atoms with van der Waals surface area (Å²) in [6, 6.07) is 9.09. The van der Waals surface area contributed by atoms with Crippen LogP contribution in [0.25, 0.3) is 11.3 Å². The number of hydrogen-bond acceptors (Lipinski definition) is 4. The summed E-state index contributed by atoms with van der Waals surface area (Å²) in [5.74, 6) is -0.259. The summed E-state index contributed by atoms with van der Waals surface area (Å²) < 4.78 is 4.27. The second-order valence-electron chi connectivity index (χ2n) is 5.21. The molecule has 1 aromatic carbocycles. The van der Waals surface area contributed by atoms with Gasteiger partial charge in [0, 0.05) is 5.56 Å². The molecule has 0 radical (unpaired) electrons. The Morgan fingerprint density at radius 1 is 1.32 bits per heavy atom. The first kappa shape index (κ1) is 15.3. The van der Waals surface area contributed by atoms with Gasteiger partial charge in [0.25, 0.3) is 5.91 Å². The number of carbonyl (C=O) groups is 1. The van der Waals surface area contributed by atoms with Crippen LogP contribution in [0, 0.1) is 11.3 Å². The molecule has 0 unspecified atom stereocenters. The van der Waals surface area contributed by atoms with E-state index < -0.39 is 5.54 Å². The molecule has 1 amide bonds. The standard InChI is InChI=1S/C15H11Cl2N3OS/c16-10-3-2-9(6-11(10)17)12-7-13(22-20-12)14(21)19-15(8-18)4-1-5-15/h2-3,6-7H,1,4-5H2,(H,19,21). The Morgan fingerprint density at radius 3 is 2.68 bits per heavy atom. The van der Waals surface area contributed by atoms with Gasteiger partial charge in [0.15, 0.2) is 0 Å². The van der Waals surface area contributed by atoms with Crippen molar-refractivity contribution in [2.75, 3.05) is 0 Å². The SMILES string of the molecule is N#CC1(NC(=O)c2cc(-c3ccc(Cl)c(Cl)c3)ns2)CCC1. The second kappa shape index (κ2) is 5.88. The lowest BCUT2D eigenvalue weighted by Gasteiger charge is -2.35. The van der Waals surface area contributed by atoms with Gasteiger partial charge in [0.1, 0.15) is 10.4 Å². The van der Waals surface area contributed by atoms with Gasteiger partial charge in [-0.25, -0.2) is 0 Å². The number of nitriles is 1. The Hall–Kier alpha value is -1.61. The van der Waals surface area contributed by atoms with Gasteiger partial charge >= 0.3 is 0 Å². The highest BCUT2D eigenvalue weighted by Gasteiger charge is 2.39. The predicted octanol–water partition coefficient (Wildman–Crippen LogP) is 4.29. The summed E-state index contributed by atoms with van der Waals surface area (Å²) in [4.78, 5) is 12.7. The number of halogens is 2. The number of benzene rings is 1. The Balaban J connectivity index is 1.80. The van der Waals surface area contributed by atoms with E-state index in [9.17, 15) is 4.79 Å². The fraction of sp³-hybridized carbons (Fsp3) is 0.267.